The summed E-state index contributed by atoms with van der Waals surface area (Å²) in [5.41, 5.74) is 4.40. The summed E-state index contributed by atoms with van der Waals surface area (Å²) in [7, 11) is 1.60. The van der Waals surface area contributed by atoms with E-state index in [-0.39, 0.29) is 11.9 Å². The summed E-state index contributed by atoms with van der Waals surface area (Å²) in [6, 6.07) is 6.37. The number of benzene rings is 1. The van der Waals surface area contributed by atoms with E-state index in [1.54, 1.807) is 23.9 Å². The molecule has 156 valence electrons. The van der Waals surface area contributed by atoms with Crippen LogP contribution in [0.2, 0.25) is 0 Å². The zero-order valence-corrected chi connectivity index (χ0v) is 17.0. The standard InChI is InChI=1S/C21H23FN6O2/c1-21(2)26-19(27-30-21)15-11-23-28-9-8-17(25-20(15)28)24-18(12-4-5-12)14-10-13(22)6-7-16(14)29-3/h6-12,18H,4-5H2,1-3H3,(H,24,25)(H,26,27)/t18-/m1/s1. The van der Waals surface area contributed by atoms with Gasteiger partial charge < -0.3 is 10.1 Å². The van der Waals surface area contributed by atoms with Crippen LogP contribution in [0.1, 0.15) is 43.9 Å². The molecule has 3 heterocycles. The highest BCUT2D eigenvalue weighted by molar-refractivity contribution is 6.03. The Balaban J connectivity index is 1.50. The summed E-state index contributed by atoms with van der Waals surface area (Å²) in [5.74, 6) is 2.04. The van der Waals surface area contributed by atoms with Gasteiger partial charge in [0.25, 0.3) is 0 Å². The van der Waals surface area contributed by atoms with Crippen LogP contribution in [0, 0.1) is 11.7 Å². The summed E-state index contributed by atoms with van der Waals surface area (Å²) < 4.78 is 21.1. The van der Waals surface area contributed by atoms with Crippen molar-refractivity contribution >= 4 is 17.3 Å². The number of ether oxygens (including phenoxy) is 1. The Morgan fingerprint density at radius 1 is 1.33 bits per heavy atom. The molecule has 9 heteroatoms. The lowest BCUT2D eigenvalue weighted by Gasteiger charge is -2.22. The number of nitrogens with one attached hydrogen (secondary N) is 2. The molecule has 3 aromatic rings. The van der Waals surface area contributed by atoms with Gasteiger partial charge in [0.1, 0.15) is 17.4 Å². The number of anilines is 1. The molecule has 2 aliphatic rings. The minimum atomic E-state index is -0.648. The molecule has 8 nitrogen and oxygen atoms in total. The average Bonchev–Trinajstić information content (AvgIpc) is 3.38. The Hall–Kier alpha value is -3.20. The molecule has 0 spiro atoms. The minimum Gasteiger partial charge on any atom is -0.496 e. The first kappa shape index (κ1) is 18.8. The maximum atomic E-state index is 14.0. The molecule has 0 saturated heterocycles. The van der Waals surface area contributed by atoms with Crippen molar-refractivity contribution in [3.63, 3.8) is 0 Å². The smallest absolute Gasteiger partial charge is 0.182 e. The number of hydroxylamine groups is 1. The van der Waals surface area contributed by atoms with Crippen LogP contribution in [0.5, 0.6) is 5.75 Å². The molecule has 1 fully saturated rings. The lowest BCUT2D eigenvalue weighted by atomic mass is 10.0. The summed E-state index contributed by atoms with van der Waals surface area (Å²) in [5, 5.41) is 7.84. The summed E-state index contributed by atoms with van der Waals surface area (Å²) in [4.78, 5) is 14.8. The van der Waals surface area contributed by atoms with Gasteiger partial charge >= 0.3 is 0 Å². The van der Waals surface area contributed by atoms with Crippen LogP contribution in [0.25, 0.3) is 5.65 Å². The van der Waals surface area contributed by atoms with Crippen molar-refractivity contribution in [2.75, 3.05) is 12.4 Å². The first-order valence-corrected chi connectivity index (χ1v) is 9.92. The molecule has 2 N–H and O–H groups in total. The lowest BCUT2D eigenvalue weighted by Crippen LogP contribution is -2.23. The number of hydrogen-bond acceptors (Lipinski definition) is 7. The molecular formula is C21H23FN6O2. The fraction of sp³-hybridized carbons (Fsp3) is 0.381. The fourth-order valence-electron chi connectivity index (χ4n) is 3.71. The van der Waals surface area contributed by atoms with E-state index in [0.717, 1.165) is 24.0 Å². The monoisotopic (exact) mass is 410 g/mol. The highest BCUT2D eigenvalue weighted by Gasteiger charge is 2.35. The molecule has 1 atom stereocenters. The van der Waals surface area contributed by atoms with Crippen molar-refractivity contribution < 1.29 is 14.0 Å². The Morgan fingerprint density at radius 2 is 2.17 bits per heavy atom. The lowest BCUT2D eigenvalue weighted by molar-refractivity contribution is -0.0269. The molecule has 1 saturated carbocycles. The van der Waals surface area contributed by atoms with Crippen molar-refractivity contribution in [2.45, 2.75) is 38.5 Å². The van der Waals surface area contributed by atoms with Crippen molar-refractivity contribution in [1.82, 2.24) is 20.1 Å². The third-order valence-electron chi connectivity index (χ3n) is 5.33. The fourth-order valence-corrected chi connectivity index (χ4v) is 3.71. The van der Waals surface area contributed by atoms with Crippen LogP contribution in [0.15, 0.2) is 41.7 Å². The Bertz CT molecular complexity index is 1140. The molecule has 5 rings (SSSR count). The topological polar surface area (TPSA) is 85.1 Å². The molecule has 0 bridgehead atoms. The largest absolute Gasteiger partial charge is 0.496 e. The predicted molar refractivity (Wildman–Crippen MR) is 110 cm³/mol. The molecule has 0 amide bonds. The first-order valence-electron chi connectivity index (χ1n) is 9.92. The second-order valence-corrected chi connectivity index (χ2v) is 8.10. The van der Waals surface area contributed by atoms with E-state index in [1.807, 2.05) is 26.1 Å². The second kappa shape index (κ2) is 6.94. The van der Waals surface area contributed by atoms with Gasteiger partial charge in [-0.3, -0.25) is 0 Å². The van der Waals surface area contributed by atoms with E-state index in [9.17, 15) is 4.39 Å². The number of rotatable bonds is 6. The van der Waals surface area contributed by atoms with Crippen molar-refractivity contribution in [1.29, 1.82) is 0 Å². The number of fused-ring (bicyclic) bond motifs is 1. The van der Waals surface area contributed by atoms with E-state index in [1.165, 1.54) is 12.1 Å². The molecule has 0 unspecified atom stereocenters. The number of nitrogens with zero attached hydrogens (tertiary/aromatic N) is 4. The number of aromatic nitrogens is 3. The normalized spacial score (nSPS) is 18.7. The first-order chi connectivity index (χ1) is 14.4. The molecule has 1 aliphatic heterocycles. The van der Waals surface area contributed by atoms with Crippen LogP contribution in [-0.2, 0) is 4.84 Å². The maximum Gasteiger partial charge on any atom is 0.182 e. The quantitative estimate of drug-likeness (QED) is 0.647. The number of aliphatic imine (C=N–C) groups is 1. The predicted octanol–water partition coefficient (Wildman–Crippen LogP) is 3.46. The van der Waals surface area contributed by atoms with Crippen molar-refractivity contribution in [2.24, 2.45) is 10.9 Å². The summed E-state index contributed by atoms with van der Waals surface area (Å²) >= 11 is 0. The third kappa shape index (κ3) is 3.45. The number of methoxy groups -OCH3 is 1. The summed E-state index contributed by atoms with van der Waals surface area (Å²) in [6.07, 6.45) is 5.69. The van der Waals surface area contributed by atoms with E-state index >= 15 is 0 Å². The number of amidine groups is 1. The second-order valence-electron chi connectivity index (χ2n) is 8.10. The van der Waals surface area contributed by atoms with Gasteiger partial charge in [-0.1, -0.05) is 0 Å². The van der Waals surface area contributed by atoms with E-state index in [0.29, 0.717) is 29.0 Å². The molecule has 0 radical (unpaired) electrons. The SMILES string of the molecule is COc1ccc(F)cc1[C@H](Nc1ccn2ncc(C3=NC(C)(C)ON3)c2n1)C1CC1. The van der Waals surface area contributed by atoms with Gasteiger partial charge in [-0.15, -0.1) is 0 Å². The molecule has 1 aliphatic carbocycles. The Kier molecular flexibility index (Phi) is 4.35. The van der Waals surface area contributed by atoms with Gasteiger partial charge in [-0.05, 0) is 56.9 Å². The van der Waals surface area contributed by atoms with Crippen molar-refractivity contribution in [3.8, 4) is 5.75 Å². The number of halogens is 1. The third-order valence-corrected chi connectivity index (χ3v) is 5.33. The van der Waals surface area contributed by atoms with Gasteiger partial charge in [0.2, 0.25) is 0 Å². The van der Waals surface area contributed by atoms with Crippen LogP contribution in [0.3, 0.4) is 0 Å². The Labute approximate surface area is 173 Å². The Morgan fingerprint density at radius 3 is 2.87 bits per heavy atom. The zero-order valence-electron chi connectivity index (χ0n) is 17.0. The zero-order chi connectivity index (χ0) is 20.9. The highest BCUT2D eigenvalue weighted by atomic mass is 19.1. The summed E-state index contributed by atoms with van der Waals surface area (Å²) in [6.45, 7) is 3.73. The number of hydrogen-bond donors (Lipinski definition) is 2. The van der Waals surface area contributed by atoms with Gasteiger partial charge in [-0.25, -0.2) is 29.2 Å². The highest BCUT2D eigenvalue weighted by Crippen LogP contribution is 2.45. The van der Waals surface area contributed by atoms with Crippen LogP contribution in [0.4, 0.5) is 10.2 Å². The van der Waals surface area contributed by atoms with Gasteiger partial charge in [0.05, 0.1) is 24.9 Å². The minimum absolute atomic E-state index is 0.0961. The molecule has 2 aromatic heterocycles. The molecule has 1 aromatic carbocycles. The van der Waals surface area contributed by atoms with Crippen LogP contribution in [-0.4, -0.2) is 33.3 Å². The van der Waals surface area contributed by atoms with Gasteiger partial charge in [0, 0.05) is 11.8 Å². The molecule has 30 heavy (non-hydrogen) atoms. The molecular weight excluding hydrogens is 387 g/mol. The average molecular weight is 410 g/mol. The van der Waals surface area contributed by atoms with Gasteiger partial charge in [-0.2, -0.15) is 5.10 Å². The van der Waals surface area contributed by atoms with E-state index < -0.39 is 5.72 Å². The van der Waals surface area contributed by atoms with Crippen LogP contribution < -0.4 is 15.5 Å². The maximum absolute atomic E-state index is 14.0. The van der Waals surface area contributed by atoms with Crippen molar-refractivity contribution in [3.05, 3.63) is 53.6 Å². The van der Waals surface area contributed by atoms with Crippen LogP contribution >= 0.6 is 0 Å². The van der Waals surface area contributed by atoms with E-state index in [4.69, 9.17) is 14.6 Å². The van der Waals surface area contributed by atoms with E-state index in [2.05, 4.69) is 20.9 Å². The van der Waals surface area contributed by atoms with Gasteiger partial charge in [0.15, 0.2) is 17.2 Å².